The summed E-state index contributed by atoms with van der Waals surface area (Å²) >= 11 is 5.98. The maximum Gasteiger partial charge on any atom is 0.157 e. The van der Waals surface area contributed by atoms with Crippen molar-refractivity contribution in [1.29, 1.82) is 0 Å². The predicted molar refractivity (Wildman–Crippen MR) is 60.2 cm³/mol. The number of ketones is 1. The minimum absolute atomic E-state index is 0.0846. The molecule has 0 saturated heterocycles. The third-order valence-electron chi connectivity index (χ3n) is 1.83. The highest BCUT2D eigenvalue weighted by Gasteiger charge is 2.00. The summed E-state index contributed by atoms with van der Waals surface area (Å²) in [6, 6.07) is 9.49. The summed E-state index contributed by atoms with van der Waals surface area (Å²) in [6.07, 6.45) is 2.91. The molecule has 0 atom stereocenters. The van der Waals surface area contributed by atoms with Crippen LogP contribution in [0.15, 0.2) is 36.4 Å². The second kappa shape index (κ2) is 5.61. The number of hydrogen-bond acceptors (Lipinski definition) is 1. The summed E-state index contributed by atoms with van der Waals surface area (Å²) in [5.74, 6) is 0.0846. The van der Waals surface area contributed by atoms with E-state index in [0.29, 0.717) is 11.5 Å². The molecule has 0 fully saturated rings. The number of carbonyl (C=O) groups is 1. The van der Waals surface area contributed by atoms with Gasteiger partial charge >= 0.3 is 0 Å². The third-order valence-corrected chi connectivity index (χ3v) is 2.16. The number of carbonyl (C=O) groups excluding carboxylic acids is 1. The Balaban J connectivity index is 2.75. The number of rotatable bonds is 4. The molecule has 0 heterocycles. The van der Waals surface area contributed by atoms with Crippen molar-refractivity contribution in [2.45, 2.75) is 19.8 Å². The maximum atomic E-state index is 11.3. The fraction of sp³-hybridized carbons (Fsp3) is 0.250. The van der Waals surface area contributed by atoms with Crippen molar-refractivity contribution in [3.63, 3.8) is 0 Å². The Bertz CT molecular complexity index is 327. The van der Waals surface area contributed by atoms with E-state index in [0.717, 1.165) is 12.0 Å². The molecule has 0 N–H and O–H groups in total. The standard InChI is InChI=1S/C12H13ClO/c1-2-6-11(14)9-12(13)10-7-4-3-5-8-10/h3-5,7-9H,2,6H2,1H3/b12-9-. The van der Waals surface area contributed by atoms with Crippen LogP contribution in [0.5, 0.6) is 0 Å². The van der Waals surface area contributed by atoms with Crippen molar-refractivity contribution in [3.8, 4) is 0 Å². The molecule has 0 bridgehead atoms. The van der Waals surface area contributed by atoms with Gasteiger partial charge in [0.15, 0.2) is 5.78 Å². The van der Waals surface area contributed by atoms with Gasteiger partial charge in [-0.1, -0.05) is 48.9 Å². The Hall–Kier alpha value is -1.08. The Kier molecular flexibility index (Phi) is 4.41. The molecule has 0 aromatic heterocycles. The second-order valence-electron chi connectivity index (χ2n) is 3.07. The van der Waals surface area contributed by atoms with E-state index in [9.17, 15) is 4.79 Å². The Morgan fingerprint density at radius 1 is 1.36 bits per heavy atom. The molecule has 0 saturated carbocycles. The molecule has 14 heavy (non-hydrogen) atoms. The average molecular weight is 209 g/mol. The highest BCUT2D eigenvalue weighted by molar-refractivity contribution is 6.50. The van der Waals surface area contributed by atoms with Gasteiger partial charge in [-0.05, 0) is 12.0 Å². The first-order valence-electron chi connectivity index (χ1n) is 4.69. The van der Waals surface area contributed by atoms with E-state index >= 15 is 0 Å². The molecule has 1 aromatic carbocycles. The van der Waals surface area contributed by atoms with Crippen LogP contribution in [-0.2, 0) is 4.79 Å². The first kappa shape index (κ1) is 11.0. The molecule has 74 valence electrons. The van der Waals surface area contributed by atoms with Crippen LogP contribution in [0, 0.1) is 0 Å². The third kappa shape index (κ3) is 3.35. The normalized spacial score (nSPS) is 11.4. The lowest BCUT2D eigenvalue weighted by atomic mass is 10.1. The van der Waals surface area contributed by atoms with Crippen LogP contribution in [0.3, 0.4) is 0 Å². The van der Waals surface area contributed by atoms with E-state index in [1.165, 1.54) is 6.08 Å². The van der Waals surface area contributed by atoms with E-state index in [2.05, 4.69) is 0 Å². The lowest BCUT2D eigenvalue weighted by molar-refractivity contribution is -0.114. The second-order valence-corrected chi connectivity index (χ2v) is 3.48. The van der Waals surface area contributed by atoms with Gasteiger partial charge < -0.3 is 0 Å². The highest BCUT2D eigenvalue weighted by Crippen LogP contribution is 2.18. The average Bonchev–Trinajstić information content (AvgIpc) is 2.19. The quantitative estimate of drug-likeness (QED) is 0.691. The van der Waals surface area contributed by atoms with E-state index < -0.39 is 0 Å². The summed E-state index contributed by atoms with van der Waals surface area (Å²) in [5.41, 5.74) is 0.888. The minimum atomic E-state index is 0.0846. The molecule has 1 rings (SSSR count). The summed E-state index contributed by atoms with van der Waals surface area (Å²) in [5, 5.41) is 0.518. The van der Waals surface area contributed by atoms with Gasteiger partial charge in [0.2, 0.25) is 0 Å². The molecule has 0 aliphatic heterocycles. The topological polar surface area (TPSA) is 17.1 Å². The summed E-state index contributed by atoms with van der Waals surface area (Å²) in [4.78, 5) is 11.3. The van der Waals surface area contributed by atoms with E-state index in [-0.39, 0.29) is 5.78 Å². The van der Waals surface area contributed by atoms with Crippen LogP contribution in [0.4, 0.5) is 0 Å². The summed E-state index contributed by atoms with van der Waals surface area (Å²) in [7, 11) is 0. The van der Waals surface area contributed by atoms with Crippen LogP contribution in [0.2, 0.25) is 0 Å². The van der Waals surface area contributed by atoms with E-state index in [4.69, 9.17) is 11.6 Å². The summed E-state index contributed by atoms with van der Waals surface area (Å²) < 4.78 is 0. The van der Waals surface area contributed by atoms with Crippen LogP contribution >= 0.6 is 11.6 Å². The molecule has 0 radical (unpaired) electrons. The zero-order valence-electron chi connectivity index (χ0n) is 8.16. The molecular weight excluding hydrogens is 196 g/mol. The Morgan fingerprint density at radius 3 is 2.57 bits per heavy atom. The van der Waals surface area contributed by atoms with Crippen molar-refractivity contribution >= 4 is 22.4 Å². The number of halogens is 1. The lowest BCUT2D eigenvalue weighted by Crippen LogP contribution is -1.91. The van der Waals surface area contributed by atoms with Crippen LogP contribution in [0.25, 0.3) is 5.03 Å². The molecule has 1 aromatic rings. The van der Waals surface area contributed by atoms with Crippen molar-refractivity contribution in [2.75, 3.05) is 0 Å². The minimum Gasteiger partial charge on any atom is -0.295 e. The zero-order valence-corrected chi connectivity index (χ0v) is 8.92. The Morgan fingerprint density at radius 2 is 2.00 bits per heavy atom. The van der Waals surface area contributed by atoms with Gasteiger partial charge in [-0.3, -0.25) is 4.79 Å². The number of benzene rings is 1. The lowest BCUT2D eigenvalue weighted by Gasteiger charge is -1.97. The molecule has 0 aliphatic carbocycles. The van der Waals surface area contributed by atoms with Gasteiger partial charge in [0.1, 0.15) is 0 Å². The number of allylic oxidation sites excluding steroid dienone is 1. The fourth-order valence-corrected chi connectivity index (χ4v) is 1.39. The van der Waals surface area contributed by atoms with Gasteiger partial charge in [0, 0.05) is 12.5 Å². The predicted octanol–water partition coefficient (Wildman–Crippen LogP) is 3.64. The van der Waals surface area contributed by atoms with Gasteiger partial charge in [0.05, 0.1) is 5.03 Å². The smallest absolute Gasteiger partial charge is 0.157 e. The van der Waals surface area contributed by atoms with E-state index in [1.807, 2.05) is 37.3 Å². The van der Waals surface area contributed by atoms with Gasteiger partial charge in [-0.2, -0.15) is 0 Å². The summed E-state index contributed by atoms with van der Waals surface area (Å²) in [6.45, 7) is 1.97. The van der Waals surface area contributed by atoms with Gasteiger partial charge in [-0.25, -0.2) is 0 Å². The van der Waals surface area contributed by atoms with E-state index in [1.54, 1.807) is 0 Å². The molecule has 0 amide bonds. The SMILES string of the molecule is CCCC(=O)/C=C(\Cl)c1ccccc1. The van der Waals surface area contributed by atoms with Crippen molar-refractivity contribution in [3.05, 3.63) is 42.0 Å². The van der Waals surface area contributed by atoms with Crippen molar-refractivity contribution < 1.29 is 4.79 Å². The van der Waals surface area contributed by atoms with Gasteiger partial charge in [-0.15, -0.1) is 0 Å². The van der Waals surface area contributed by atoms with Crippen LogP contribution < -0.4 is 0 Å². The molecular formula is C12H13ClO. The van der Waals surface area contributed by atoms with Crippen LogP contribution in [0.1, 0.15) is 25.3 Å². The highest BCUT2D eigenvalue weighted by atomic mass is 35.5. The largest absolute Gasteiger partial charge is 0.295 e. The van der Waals surface area contributed by atoms with Crippen molar-refractivity contribution in [1.82, 2.24) is 0 Å². The Labute approximate surface area is 89.4 Å². The fourth-order valence-electron chi connectivity index (χ4n) is 1.14. The van der Waals surface area contributed by atoms with Gasteiger partial charge in [0.25, 0.3) is 0 Å². The zero-order chi connectivity index (χ0) is 10.4. The first-order chi connectivity index (χ1) is 6.74. The molecule has 0 aliphatic rings. The molecule has 1 nitrogen and oxygen atoms in total. The maximum absolute atomic E-state index is 11.3. The first-order valence-corrected chi connectivity index (χ1v) is 5.07. The molecule has 0 unspecified atom stereocenters. The monoisotopic (exact) mass is 208 g/mol. The molecule has 0 spiro atoms. The number of hydrogen-bond donors (Lipinski definition) is 0. The molecule has 2 heteroatoms. The van der Waals surface area contributed by atoms with Crippen molar-refractivity contribution in [2.24, 2.45) is 0 Å². The van der Waals surface area contributed by atoms with Crippen LogP contribution in [-0.4, -0.2) is 5.78 Å².